The number of methoxy groups -OCH3 is 1. The van der Waals surface area contributed by atoms with Gasteiger partial charge in [-0.05, 0) is 36.4 Å². The number of carboxylic acid groups (broad SMARTS) is 1. The number of ether oxygens (including phenoxy) is 3. The zero-order chi connectivity index (χ0) is 19.8. The molecule has 142 valence electrons. The first-order valence-corrected chi connectivity index (χ1v) is 7.69. The van der Waals surface area contributed by atoms with E-state index in [1.807, 2.05) is 0 Å². The number of hydrogen-bond acceptors (Lipinski definition) is 5. The molecule has 6 nitrogen and oxygen atoms in total. The monoisotopic (exact) mass is 378 g/mol. The number of carbonyl (C=O) groups excluding carboxylic acids is 1. The van der Waals surface area contributed by atoms with Gasteiger partial charge in [0, 0.05) is 11.1 Å². The Bertz CT molecular complexity index is 848. The average Bonchev–Trinajstić information content (AvgIpc) is 2.64. The third-order valence-electron chi connectivity index (χ3n) is 3.35. The minimum atomic E-state index is -2.97. The third kappa shape index (κ3) is 5.81. The Morgan fingerprint density at radius 2 is 1.85 bits per heavy atom. The van der Waals surface area contributed by atoms with E-state index >= 15 is 0 Å². The van der Waals surface area contributed by atoms with Crippen molar-refractivity contribution in [2.75, 3.05) is 13.7 Å². The molecule has 0 aliphatic heterocycles. The van der Waals surface area contributed by atoms with Crippen LogP contribution in [-0.2, 0) is 4.79 Å². The van der Waals surface area contributed by atoms with Gasteiger partial charge >= 0.3 is 12.6 Å². The van der Waals surface area contributed by atoms with E-state index in [9.17, 15) is 18.4 Å². The molecule has 0 atom stereocenters. The summed E-state index contributed by atoms with van der Waals surface area (Å²) in [6.07, 6.45) is 2.57. The topological polar surface area (TPSA) is 82.1 Å². The molecular weight excluding hydrogens is 362 g/mol. The maximum atomic E-state index is 12.4. The summed E-state index contributed by atoms with van der Waals surface area (Å²) in [5.41, 5.74) is 0.567. The quantitative estimate of drug-likeness (QED) is 0.530. The maximum Gasteiger partial charge on any atom is 0.387 e. The van der Waals surface area contributed by atoms with Crippen LogP contribution in [0.2, 0.25) is 0 Å². The predicted molar refractivity (Wildman–Crippen MR) is 92.6 cm³/mol. The van der Waals surface area contributed by atoms with Gasteiger partial charge in [-0.15, -0.1) is 0 Å². The molecule has 0 spiro atoms. The highest BCUT2D eigenvalue weighted by atomic mass is 19.3. The van der Waals surface area contributed by atoms with Crippen molar-refractivity contribution in [3.05, 3.63) is 59.7 Å². The first-order valence-electron chi connectivity index (χ1n) is 7.69. The molecule has 27 heavy (non-hydrogen) atoms. The number of alkyl halides is 2. The van der Waals surface area contributed by atoms with Crippen molar-refractivity contribution in [2.45, 2.75) is 6.61 Å². The van der Waals surface area contributed by atoms with Gasteiger partial charge in [0.1, 0.15) is 5.75 Å². The molecule has 2 aromatic rings. The lowest BCUT2D eigenvalue weighted by Gasteiger charge is -2.10. The Balaban J connectivity index is 2.18. The van der Waals surface area contributed by atoms with Crippen LogP contribution in [-0.4, -0.2) is 37.2 Å². The smallest absolute Gasteiger partial charge is 0.387 e. The van der Waals surface area contributed by atoms with Gasteiger partial charge in [-0.25, -0.2) is 4.79 Å². The highest BCUT2D eigenvalue weighted by molar-refractivity contribution is 6.07. The molecule has 2 rings (SSSR count). The first-order chi connectivity index (χ1) is 12.9. The molecule has 0 saturated carbocycles. The number of benzene rings is 2. The lowest BCUT2D eigenvalue weighted by atomic mass is 10.1. The molecule has 2 aromatic carbocycles. The van der Waals surface area contributed by atoms with Gasteiger partial charge in [0.15, 0.2) is 23.9 Å². The van der Waals surface area contributed by atoms with E-state index in [1.54, 1.807) is 6.07 Å². The zero-order valence-corrected chi connectivity index (χ0v) is 14.2. The number of rotatable bonds is 9. The lowest BCUT2D eigenvalue weighted by molar-refractivity contribution is -0.139. The van der Waals surface area contributed by atoms with E-state index < -0.39 is 25.0 Å². The molecule has 1 N–H and O–H groups in total. The minimum absolute atomic E-state index is 0.0495. The van der Waals surface area contributed by atoms with Gasteiger partial charge in [-0.2, -0.15) is 8.78 Å². The Labute approximate surface area is 153 Å². The summed E-state index contributed by atoms with van der Waals surface area (Å²) in [6.45, 7) is -3.53. The number of para-hydroxylation sites is 1. The van der Waals surface area contributed by atoms with E-state index in [2.05, 4.69) is 4.74 Å². The summed E-state index contributed by atoms with van der Waals surface area (Å²) >= 11 is 0. The van der Waals surface area contributed by atoms with E-state index in [-0.39, 0.29) is 22.8 Å². The van der Waals surface area contributed by atoms with Crippen LogP contribution in [0.3, 0.4) is 0 Å². The Morgan fingerprint density at radius 3 is 2.52 bits per heavy atom. The van der Waals surface area contributed by atoms with Crippen LogP contribution in [0.5, 0.6) is 17.2 Å². The summed E-state index contributed by atoms with van der Waals surface area (Å²) in [4.78, 5) is 22.9. The summed E-state index contributed by atoms with van der Waals surface area (Å²) in [7, 11) is 1.35. The van der Waals surface area contributed by atoms with Crippen molar-refractivity contribution < 1.29 is 37.7 Å². The van der Waals surface area contributed by atoms with Crippen molar-refractivity contribution in [1.29, 1.82) is 0 Å². The summed E-state index contributed by atoms with van der Waals surface area (Å²) < 4.78 is 39.4. The molecule has 0 amide bonds. The van der Waals surface area contributed by atoms with Gasteiger partial charge in [-0.3, -0.25) is 4.79 Å². The summed E-state index contributed by atoms with van der Waals surface area (Å²) in [5, 5.41) is 8.65. The van der Waals surface area contributed by atoms with Crippen molar-refractivity contribution in [1.82, 2.24) is 0 Å². The van der Waals surface area contributed by atoms with Crippen molar-refractivity contribution in [3.63, 3.8) is 0 Å². The molecule has 0 radical (unpaired) electrons. The van der Waals surface area contributed by atoms with Crippen LogP contribution in [0, 0.1) is 0 Å². The molecule has 0 saturated heterocycles. The first kappa shape index (κ1) is 19.9. The second kappa shape index (κ2) is 9.33. The largest absolute Gasteiger partial charge is 0.493 e. The molecule has 0 bridgehead atoms. The van der Waals surface area contributed by atoms with E-state index in [0.29, 0.717) is 5.56 Å². The molecule has 0 aliphatic carbocycles. The molecule has 0 unspecified atom stereocenters. The van der Waals surface area contributed by atoms with Gasteiger partial charge in [0.2, 0.25) is 0 Å². The highest BCUT2D eigenvalue weighted by Gasteiger charge is 2.12. The maximum absolute atomic E-state index is 12.4. The SMILES string of the molecule is COc1cc(C(=O)/C=C/c2ccccc2OC(F)F)ccc1OCC(=O)O. The Hall–Kier alpha value is -3.42. The number of hydrogen-bond donors (Lipinski definition) is 1. The van der Waals surface area contributed by atoms with Crippen molar-refractivity contribution in [2.24, 2.45) is 0 Å². The molecule has 8 heteroatoms. The fourth-order valence-electron chi connectivity index (χ4n) is 2.16. The van der Waals surface area contributed by atoms with E-state index in [4.69, 9.17) is 14.6 Å². The normalized spacial score (nSPS) is 10.8. The second-order valence-electron chi connectivity index (χ2n) is 5.16. The third-order valence-corrected chi connectivity index (χ3v) is 3.35. The molecule has 0 fully saturated rings. The van der Waals surface area contributed by atoms with Gasteiger partial charge < -0.3 is 19.3 Å². The number of aliphatic carboxylic acids is 1. The predicted octanol–water partition coefficient (Wildman–Crippen LogP) is 3.66. The molecule has 0 aromatic heterocycles. The van der Waals surface area contributed by atoms with Crippen LogP contribution in [0.4, 0.5) is 8.78 Å². The fourth-order valence-corrected chi connectivity index (χ4v) is 2.16. The number of carboxylic acids is 1. The Morgan fingerprint density at radius 1 is 1.11 bits per heavy atom. The summed E-state index contributed by atoms with van der Waals surface area (Å²) in [6, 6.07) is 10.3. The lowest BCUT2D eigenvalue weighted by Crippen LogP contribution is -2.10. The molecular formula is C19H16F2O6. The fraction of sp³-hybridized carbons (Fsp3) is 0.158. The average molecular weight is 378 g/mol. The van der Waals surface area contributed by atoms with Gasteiger partial charge in [-0.1, -0.05) is 18.2 Å². The van der Waals surface area contributed by atoms with Gasteiger partial charge in [0.05, 0.1) is 7.11 Å². The Kier molecular flexibility index (Phi) is 6.87. The van der Waals surface area contributed by atoms with E-state index in [0.717, 1.165) is 0 Å². The second-order valence-corrected chi connectivity index (χ2v) is 5.16. The van der Waals surface area contributed by atoms with Crippen LogP contribution in [0.1, 0.15) is 15.9 Å². The van der Waals surface area contributed by atoms with Crippen molar-refractivity contribution >= 4 is 17.8 Å². The van der Waals surface area contributed by atoms with Crippen molar-refractivity contribution in [3.8, 4) is 17.2 Å². The number of allylic oxidation sites excluding steroid dienone is 1. The zero-order valence-electron chi connectivity index (χ0n) is 14.2. The number of halogens is 2. The van der Waals surface area contributed by atoms with Gasteiger partial charge in [0.25, 0.3) is 0 Å². The number of ketones is 1. The van der Waals surface area contributed by atoms with Crippen LogP contribution >= 0.6 is 0 Å². The molecule has 0 heterocycles. The number of carbonyl (C=O) groups is 2. The van der Waals surface area contributed by atoms with Crippen LogP contribution in [0.25, 0.3) is 6.08 Å². The summed E-state index contributed by atoms with van der Waals surface area (Å²) in [5.74, 6) is -1.24. The molecule has 0 aliphatic rings. The van der Waals surface area contributed by atoms with E-state index in [1.165, 1.54) is 55.7 Å². The standard InChI is InChI=1S/C19H16F2O6/c1-25-17-10-13(7-9-16(17)26-11-18(23)24)14(22)8-6-12-4-2-3-5-15(12)27-19(20)21/h2-10,19H,11H2,1H3,(H,23,24)/b8-6+. The van der Waals surface area contributed by atoms with Crippen LogP contribution in [0.15, 0.2) is 48.5 Å². The minimum Gasteiger partial charge on any atom is -0.493 e. The van der Waals surface area contributed by atoms with Crippen LogP contribution < -0.4 is 14.2 Å². The highest BCUT2D eigenvalue weighted by Crippen LogP contribution is 2.28.